The van der Waals surface area contributed by atoms with Crippen molar-refractivity contribution < 1.29 is 14.3 Å². The Kier molecular flexibility index (Phi) is 7.30. The minimum Gasteiger partial charge on any atom is -0.493 e. The van der Waals surface area contributed by atoms with Crippen LogP contribution >= 0.6 is 11.6 Å². The van der Waals surface area contributed by atoms with Crippen molar-refractivity contribution in [2.45, 2.75) is 13.2 Å². The van der Waals surface area contributed by atoms with Crippen molar-refractivity contribution in [1.82, 2.24) is 9.80 Å². The summed E-state index contributed by atoms with van der Waals surface area (Å²) in [6, 6.07) is 23.2. The third-order valence-corrected chi connectivity index (χ3v) is 5.87. The van der Waals surface area contributed by atoms with E-state index in [4.69, 9.17) is 21.1 Å². The normalized spacial score (nSPS) is 14.2. The summed E-state index contributed by atoms with van der Waals surface area (Å²) in [7, 11) is 1.62. The van der Waals surface area contributed by atoms with Gasteiger partial charge in [-0.2, -0.15) is 0 Å². The molecule has 1 aliphatic rings. The molecule has 0 aromatic heterocycles. The number of hydrogen-bond acceptors (Lipinski definition) is 4. The van der Waals surface area contributed by atoms with E-state index in [0.717, 1.165) is 30.2 Å². The van der Waals surface area contributed by atoms with Gasteiger partial charge in [0.2, 0.25) is 0 Å². The van der Waals surface area contributed by atoms with Crippen LogP contribution in [0.1, 0.15) is 21.5 Å². The van der Waals surface area contributed by atoms with Gasteiger partial charge in [-0.1, -0.05) is 48.0 Å². The van der Waals surface area contributed by atoms with Crippen molar-refractivity contribution in [3.63, 3.8) is 0 Å². The highest BCUT2D eigenvalue weighted by atomic mass is 35.5. The van der Waals surface area contributed by atoms with Gasteiger partial charge in [-0.15, -0.1) is 0 Å². The molecule has 1 saturated heterocycles. The second-order valence-corrected chi connectivity index (χ2v) is 8.27. The van der Waals surface area contributed by atoms with Crippen LogP contribution < -0.4 is 9.47 Å². The van der Waals surface area contributed by atoms with Gasteiger partial charge in [0.25, 0.3) is 5.91 Å². The number of para-hydroxylation sites is 2. The average molecular weight is 451 g/mol. The number of rotatable bonds is 7. The number of benzene rings is 3. The minimum absolute atomic E-state index is 0.0651. The first-order chi connectivity index (χ1) is 15.6. The molecular weight excluding hydrogens is 424 g/mol. The molecule has 6 heteroatoms. The average Bonchev–Trinajstić information content (AvgIpc) is 2.84. The first-order valence-corrected chi connectivity index (χ1v) is 11.1. The maximum Gasteiger partial charge on any atom is 0.253 e. The molecule has 0 aliphatic carbocycles. The predicted octanol–water partition coefficient (Wildman–Crippen LogP) is 4.89. The van der Waals surface area contributed by atoms with Crippen molar-refractivity contribution in [1.29, 1.82) is 0 Å². The molecule has 32 heavy (non-hydrogen) atoms. The van der Waals surface area contributed by atoms with Crippen LogP contribution in [0.4, 0.5) is 0 Å². The van der Waals surface area contributed by atoms with Crippen molar-refractivity contribution in [2.75, 3.05) is 33.3 Å². The highest BCUT2D eigenvalue weighted by Crippen LogP contribution is 2.26. The standard InChI is InChI=1S/C26H27ClN2O3/c1-31-24-7-2-3-8-25(24)32-19-21-5-4-6-22(17-21)26(30)29-15-13-28(14-16-29)18-20-9-11-23(27)12-10-20/h2-12,17H,13-16,18-19H2,1H3. The summed E-state index contributed by atoms with van der Waals surface area (Å²) in [5.41, 5.74) is 2.87. The van der Waals surface area contributed by atoms with Gasteiger partial charge >= 0.3 is 0 Å². The Balaban J connectivity index is 1.32. The molecule has 1 heterocycles. The number of methoxy groups -OCH3 is 1. The van der Waals surface area contributed by atoms with Crippen molar-refractivity contribution in [2.24, 2.45) is 0 Å². The molecule has 4 rings (SSSR count). The first-order valence-electron chi connectivity index (χ1n) is 10.7. The predicted molar refractivity (Wildman–Crippen MR) is 126 cm³/mol. The smallest absolute Gasteiger partial charge is 0.253 e. The maximum absolute atomic E-state index is 13.1. The van der Waals surface area contributed by atoms with E-state index in [9.17, 15) is 4.79 Å². The van der Waals surface area contributed by atoms with E-state index < -0.39 is 0 Å². The molecule has 0 N–H and O–H groups in total. The fourth-order valence-electron chi connectivity index (χ4n) is 3.83. The van der Waals surface area contributed by atoms with Gasteiger partial charge < -0.3 is 14.4 Å². The number of amides is 1. The fraction of sp³-hybridized carbons (Fsp3) is 0.269. The third kappa shape index (κ3) is 5.61. The van der Waals surface area contributed by atoms with E-state index in [1.54, 1.807) is 7.11 Å². The first kappa shape index (κ1) is 22.2. The van der Waals surface area contributed by atoms with Crippen LogP contribution in [0, 0.1) is 0 Å². The Bertz CT molecular complexity index is 1050. The quantitative estimate of drug-likeness (QED) is 0.514. The summed E-state index contributed by atoms with van der Waals surface area (Å²) in [6.45, 7) is 4.38. The van der Waals surface area contributed by atoms with Gasteiger partial charge in [0.05, 0.1) is 7.11 Å². The maximum atomic E-state index is 13.1. The third-order valence-electron chi connectivity index (χ3n) is 5.62. The lowest BCUT2D eigenvalue weighted by atomic mass is 10.1. The molecule has 3 aromatic rings. The number of carbonyl (C=O) groups is 1. The summed E-state index contributed by atoms with van der Waals surface area (Å²) in [4.78, 5) is 17.4. The largest absolute Gasteiger partial charge is 0.493 e. The SMILES string of the molecule is COc1ccccc1OCc1cccc(C(=O)N2CCN(Cc3ccc(Cl)cc3)CC2)c1. The summed E-state index contributed by atoms with van der Waals surface area (Å²) < 4.78 is 11.2. The molecule has 1 aliphatic heterocycles. The molecule has 3 aromatic carbocycles. The van der Waals surface area contributed by atoms with Gasteiger partial charge in [0.1, 0.15) is 6.61 Å². The van der Waals surface area contributed by atoms with Gasteiger partial charge in [-0.05, 0) is 47.5 Å². The van der Waals surface area contributed by atoms with E-state index in [2.05, 4.69) is 17.0 Å². The van der Waals surface area contributed by atoms with Gasteiger partial charge in [-0.3, -0.25) is 9.69 Å². The molecular formula is C26H27ClN2O3. The monoisotopic (exact) mass is 450 g/mol. The summed E-state index contributed by atoms with van der Waals surface area (Å²) in [6.07, 6.45) is 0. The highest BCUT2D eigenvalue weighted by Gasteiger charge is 2.22. The molecule has 1 fully saturated rings. The molecule has 0 spiro atoms. The number of carbonyl (C=O) groups excluding carboxylic acids is 1. The fourth-order valence-corrected chi connectivity index (χ4v) is 3.96. The van der Waals surface area contributed by atoms with E-state index in [1.165, 1.54) is 5.56 Å². The highest BCUT2D eigenvalue weighted by molar-refractivity contribution is 6.30. The van der Waals surface area contributed by atoms with Crippen molar-refractivity contribution in [3.8, 4) is 11.5 Å². The molecule has 0 unspecified atom stereocenters. The second-order valence-electron chi connectivity index (χ2n) is 7.83. The van der Waals surface area contributed by atoms with Crippen LogP contribution in [0.25, 0.3) is 0 Å². The van der Waals surface area contributed by atoms with Gasteiger partial charge in [0.15, 0.2) is 11.5 Å². The molecule has 0 bridgehead atoms. The summed E-state index contributed by atoms with van der Waals surface area (Å²) in [5, 5.41) is 0.750. The molecule has 166 valence electrons. The number of nitrogens with zero attached hydrogens (tertiary/aromatic N) is 2. The van der Waals surface area contributed by atoms with Crippen molar-refractivity contribution in [3.05, 3.63) is 94.5 Å². The lowest BCUT2D eigenvalue weighted by molar-refractivity contribution is 0.0628. The number of hydrogen-bond donors (Lipinski definition) is 0. The van der Waals surface area contributed by atoms with E-state index >= 15 is 0 Å². The van der Waals surface area contributed by atoms with Gasteiger partial charge in [-0.25, -0.2) is 0 Å². The van der Waals surface area contributed by atoms with E-state index in [0.29, 0.717) is 36.8 Å². The summed E-state index contributed by atoms with van der Waals surface area (Å²) >= 11 is 5.97. The van der Waals surface area contributed by atoms with Crippen LogP contribution in [0.3, 0.4) is 0 Å². The zero-order chi connectivity index (χ0) is 22.3. The van der Waals surface area contributed by atoms with Crippen LogP contribution in [0.5, 0.6) is 11.5 Å². The molecule has 0 radical (unpaired) electrons. The van der Waals surface area contributed by atoms with Crippen LogP contribution in [-0.2, 0) is 13.2 Å². The molecule has 0 saturated carbocycles. The van der Waals surface area contributed by atoms with E-state index in [1.807, 2.05) is 65.6 Å². The zero-order valence-corrected chi connectivity index (χ0v) is 18.9. The van der Waals surface area contributed by atoms with Crippen LogP contribution in [0.2, 0.25) is 5.02 Å². The lowest BCUT2D eigenvalue weighted by Gasteiger charge is -2.34. The number of halogens is 1. The molecule has 5 nitrogen and oxygen atoms in total. The van der Waals surface area contributed by atoms with Crippen LogP contribution in [-0.4, -0.2) is 49.0 Å². The Morgan fingerprint density at radius 1 is 0.875 bits per heavy atom. The Morgan fingerprint density at radius 3 is 2.31 bits per heavy atom. The Labute approximate surface area is 194 Å². The molecule has 0 atom stereocenters. The molecule has 1 amide bonds. The van der Waals surface area contributed by atoms with Crippen molar-refractivity contribution >= 4 is 17.5 Å². The number of piperazine rings is 1. The lowest BCUT2D eigenvalue weighted by Crippen LogP contribution is -2.48. The van der Waals surface area contributed by atoms with Gasteiger partial charge in [0, 0.05) is 43.3 Å². The zero-order valence-electron chi connectivity index (χ0n) is 18.2. The Hall–Kier alpha value is -3.02. The topological polar surface area (TPSA) is 42.0 Å². The minimum atomic E-state index is 0.0651. The number of ether oxygens (including phenoxy) is 2. The van der Waals surface area contributed by atoms with E-state index in [-0.39, 0.29) is 5.91 Å². The van der Waals surface area contributed by atoms with Crippen LogP contribution in [0.15, 0.2) is 72.8 Å². The summed E-state index contributed by atoms with van der Waals surface area (Å²) in [5.74, 6) is 1.44. The Morgan fingerprint density at radius 2 is 1.59 bits per heavy atom. The second kappa shape index (κ2) is 10.5.